The summed E-state index contributed by atoms with van der Waals surface area (Å²) in [5.74, 6) is 0. The van der Waals surface area contributed by atoms with Crippen LogP contribution in [-0.4, -0.2) is 23.7 Å². The monoisotopic (exact) mass is 242 g/mol. The van der Waals surface area contributed by atoms with Crippen molar-refractivity contribution in [1.29, 1.82) is 0 Å². The number of benzene rings is 1. The molecule has 0 bridgehead atoms. The number of aromatic nitrogens is 1. The average Bonchev–Trinajstić information content (AvgIpc) is 2.84. The highest BCUT2D eigenvalue weighted by molar-refractivity contribution is 5.90. The van der Waals surface area contributed by atoms with Crippen LogP contribution >= 0.6 is 0 Å². The van der Waals surface area contributed by atoms with Gasteiger partial charge in [-0.05, 0) is 31.9 Å². The van der Waals surface area contributed by atoms with E-state index in [1.165, 1.54) is 5.39 Å². The number of para-hydroxylation sites is 1. The van der Waals surface area contributed by atoms with Gasteiger partial charge in [0, 0.05) is 30.4 Å². The Bertz CT molecular complexity index is 542. The number of pyridine rings is 1. The van der Waals surface area contributed by atoms with Crippen LogP contribution in [0.2, 0.25) is 0 Å². The molecule has 1 aromatic heterocycles. The van der Waals surface area contributed by atoms with Crippen LogP contribution < -0.4 is 5.32 Å². The Morgan fingerprint density at radius 2 is 2.22 bits per heavy atom. The number of nitrogens with zero attached hydrogens (tertiary/aromatic N) is 1. The van der Waals surface area contributed by atoms with Gasteiger partial charge >= 0.3 is 0 Å². The number of fused-ring (bicyclic) bond motifs is 1. The molecule has 0 aliphatic carbocycles. The minimum absolute atomic E-state index is 0.0234. The number of hydrogen-bond donors (Lipinski definition) is 1. The minimum Gasteiger partial charge on any atom is -0.382 e. The number of rotatable bonds is 3. The lowest BCUT2D eigenvalue weighted by molar-refractivity contribution is 0.0315. The highest BCUT2D eigenvalue weighted by Gasteiger charge is 2.29. The van der Waals surface area contributed by atoms with E-state index in [0.717, 1.165) is 37.2 Å². The molecule has 18 heavy (non-hydrogen) atoms. The molecule has 1 unspecified atom stereocenters. The molecule has 1 aromatic carbocycles. The second-order valence-electron chi connectivity index (χ2n) is 5.13. The highest BCUT2D eigenvalue weighted by Crippen LogP contribution is 2.27. The van der Waals surface area contributed by atoms with Crippen molar-refractivity contribution in [3.8, 4) is 0 Å². The molecule has 0 radical (unpaired) electrons. The summed E-state index contributed by atoms with van der Waals surface area (Å²) in [5, 5.41) is 4.67. The van der Waals surface area contributed by atoms with Gasteiger partial charge in [-0.25, -0.2) is 0 Å². The van der Waals surface area contributed by atoms with Gasteiger partial charge in [0.1, 0.15) is 0 Å². The second kappa shape index (κ2) is 4.58. The van der Waals surface area contributed by atoms with Crippen molar-refractivity contribution in [3.63, 3.8) is 0 Å². The molecule has 1 N–H and O–H groups in total. The molecule has 2 heterocycles. The zero-order valence-electron chi connectivity index (χ0n) is 10.6. The molecule has 94 valence electrons. The molecule has 0 saturated carbocycles. The van der Waals surface area contributed by atoms with Crippen molar-refractivity contribution in [2.24, 2.45) is 0 Å². The van der Waals surface area contributed by atoms with Crippen LogP contribution in [0.15, 0.2) is 36.5 Å². The Labute approximate surface area is 107 Å². The topological polar surface area (TPSA) is 34.2 Å². The molecule has 1 saturated heterocycles. The molecule has 1 fully saturated rings. The summed E-state index contributed by atoms with van der Waals surface area (Å²) in [6.45, 7) is 3.91. The predicted octanol–water partition coefficient (Wildman–Crippen LogP) is 3.22. The fraction of sp³-hybridized carbons (Fsp3) is 0.400. The summed E-state index contributed by atoms with van der Waals surface area (Å²) in [6.07, 6.45) is 4.14. The third-order valence-corrected chi connectivity index (χ3v) is 3.60. The number of anilines is 1. The van der Waals surface area contributed by atoms with E-state index in [9.17, 15) is 0 Å². The maximum absolute atomic E-state index is 5.80. The van der Waals surface area contributed by atoms with Crippen molar-refractivity contribution in [2.75, 3.05) is 18.5 Å². The molecular formula is C15H18N2O. The maximum atomic E-state index is 5.80. The predicted molar refractivity (Wildman–Crippen MR) is 73.8 cm³/mol. The number of ether oxygens (including phenoxy) is 1. The Kier molecular flexibility index (Phi) is 2.92. The smallest absolute Gasteiger partial charge is 0.0826 e. The lowest BCUT2D eigenvalue weighted by Gasteiger charge is -2.24. The average molecular weight is 242 g/mol. The molecule has 3 heteroatoms. The van der Waals surface area contributed by atoms with Gasteiger partial charge in [-0.3, -0.25) is 4.98 Å². The molecule has 1 atom stereocenters. The second-order valence-corrected chi connectivity index (χ2v) is 5.13. The summed E-state index contributed by atoms with van der Waals surface area (Å²) in [5.41, 5.74) is 2.14. The first-order valence-corrected chi connectivity index (χ1v) is 6.48. The van der Waals surface area contributed by atoms with Gasteiger partial charge < -0.3 is 10.1 Å². The van der Waals surface area contributed by atoms with Crippen molar-refractivity contribution >= 4 is 16.6 Å². The lowest BCUT2D eigenvalue weighted by Crippen LogP contribution is -2.32. The zero-order chi connectivity index (χ0) is 12.4. The molecular weight excluding hydrogens is 224 g/mol. The van der Waals surface area contributed by atoms with Gasteiger partial charge in [-0.1, -0.05) is 18.2 Å². The Morgan fingerprint density at radius 3 is 3.06 bits per heavy atom. The molecule has 2 aromatic rings. The van der Waals surface area contributed by atoms with E-state index in [4.69, 9.17) is 4.74 Å². The van der Waals surface area contributed by atoms with Crippen LogP contribution in [0.3, 0.4) is 0 Å². The van der Waals surface area contributed by atoms with Gasteiger partial charge in [-0.2, -0.15) is 0 Å². The summed E-state index contributed by atoms with van der Waals surface area (Å²) in [6, 6.07) is 10.2. The Hall–Kier alpha value is -1.61. The van der Waals surface area contributed by atoms with E-state index >= 15 is 0 Å². The maximum Gasteiger partial charge on any atom is 0.0826 e. The van der Waals surface area contributed by atoms with Crippen molar-refractivity contribution in [1.82, 2.24) is 4.98 Å². The van der Waals surface area contributed by atoms with E-state index < -0.39 is 0 Å². The number of hydrogen-bond acceptors (Lipinski definition) is 3. The van der Waals surface area contributed by atoms with E-state index in [-0.39, 0.29) is 5.60 Å². The third-order valence-electron chi connectivity index (χ3n) is 3.60. The molecule has 1 aliphatic rings. The standard InChI is InChI=1S/C15H18N2O/c1-15(8-4-10-18-15)11-17-14-7-9-16-13-6-3-2-5-12(13)14/h2-3,5-7,9H,4,8,10-11H2,1H3,(H,16,17). The SMILES string of the molecule is CC1(CNc2ccnc3ccccc23)CCCO1. The summed E-state index contributed by atoms with van der Waals surface area (Å²) < 4.78 is 5.80. The molecule has 1 aliphatic heterocycles. The van der Waals surface area contributed by atoms with Crippen molar-refractivity contribution < 1.29 is 4.74 Å². The first-order valence-electron chi connectivity index (χ1n) is 6.48. The van der Waals surface area contributed by atoms with Gasteiger partial charge in [0.25, 0.3) is 0 Å². The fourth-order valence-corrected chi connectivity index (χ4v) is 2.51. The van der Waals surface area contributed by atoms with Gasteiger partial charge in [-0.15, -0.1) is 0 Å². The van der Waals surface area contributed by atoms with Crippen molar-refractivity contribution in [3.05, 3.63) is 36.5 Å². The Morgan fingerprint density at radius 1 is 1.33 bits per heavy atom. The van der Waals surface area contributed by atoms with Crippen LogP contribution in [-0.2, 0) is 4.74 Å². The number of nitrogens with one attached hydrogen (secondary N) is 1. The lowest BCUT2D eigenvalue weighted by atomic mass is 10.0. The molecule has 3 rings (SSSR count). The minimum atomic E-state index is -0.0234. The summed E-state index contributed by atoms with van der Waals surface area (Å²) in [4.78, 5) is 4.37. The first kappa shape index (κ1) is 11.5. The normalized spacial score (nSPS) is 23.4. The van der Waals surface area contributed by atoms with Gasteiger partial charge in [0.05, 0.1) is 11.1 Å². The van der Waals surface area contributed by atoms with E-state index in [1.807, 2.05) is 30.5 Å². The van der Waals surface area contributed by atoms with Crippen LogP contribution in [0.1, 0.15) is 19.8 Å². The van der Waals surface area contributed by atoms with Crippen LogP contribution in [0.4, 0.5) is 5.69 Å². The van der Waals surface area contributed by atoms with Gasteiger partial charge in [0.15, 0.2) is 0 Å². The first-order chi connectivity index (χ1) is 8.77. The molecule has 3 nitrogen and oxygen atoms in total. The summed E-state index contributed by atoms with van der Waals surface area (Å²) >= 11 is 0. The van der Waals surface area contributed by atoms with E-state index in [1.54, 1.807) is 0 Å². The molecule has 0 spiro atoms. The van der Waals surface area contributed by atoms with Gasteiger partial charge in [0.2, 0.25) is 0 Å². The van der Waals surface area contributed by atoms with E-state index in [2.05, 4.69) is 23.3 Å². The Balaban J connectivity index is 1.82. The fourth-order valence-electron chi connectivity index (χ4n) is 2.51. The quantitative estimate of drug-likeness (QED) is 0.897. The van der Waals surface area contributed by atoms with Crippen LogP contribution in [0.5, 0.6) is 0 Å². The third kappa shape index (κ3) is 2.18. The molecule has 0 amide bonds. The largest absolute Gasteiger partial charge is 0.382 e. The van der Waals surface area contributed by atoms with E-state index in [0.29, 0.717) is 0 Å². The summed E-state index contributed by atoms with van der Waals surface area (Å²) in [7, 11) is 0. The zero-order valence-corrected chi connectivity index (χ0v) is 10.6. The van der Waals surface area contributed by atoms with Crippen LogP contribution in [0, 0.1) is 0 Å². The van der Waals surface area contributed by atoms with Crippen LogP contribution in [0.25, 0.3) is 10.9 Å². The highest BCUT2D eigenvalue weighted by atomic mass is 16.5. The van der Waals surface area contributed by atoms with Crippen molar-refractivity contribution in [2.45, 2.75) is 25.4 Å².